The third kappa shape index (κ3) is 3.18. The summed E-state index contributed by atoms with van der Waals surface area (Å²) in [7, 11) is 2.07. The van der Waals surface area contributed by atoms with Gasteiger partial charge in [0.2, 0.25) is 0 Å². The molecule has 0 spiro atoms. The van der Waals surface area contributed by atoms with Gasteiger partial charge in [0.05, 0.1) is 12.7 Å². The summed E-state index contributed by atoms with van der Waals surface area (Å²) >= 11 is 0. The Morgan fingerprint density at radius 1 is 1.55 bits per heavy atom. The average Bonchev–Trinajstić information content (AvgIpc) is 1.96. The second-order valence-electron chi connectivity index (χ2n) is 3.14. The number of aliphatic hydroxyl groups excluding tert-OH is 1. The van der Waals surface area contributed by atoms with E-state index >= 15 is 0 Å². The molecule has 1 heterocycles. The number of hydrogen-bond acceptors (Lipinski definition) is 3. The second kappa shape index (κ2) is 4.70. The molecule has 0 amide bonds. The third-order valence-corrected chi connectivity index (χ3v) is 2.01. The van der Waals surface area contributed by atoms with Crippen LogP contribution in [0.4, 0.5) is 0 Å². The topological polar surface area (TPSA) is 32.7 Å². The van der Waals surface area contributed by atoms with Gasteiger partial charge in [0.25, 0.3) is 0 Å². The molecule has 3 nitrogen and oxygen atoms in total. The molecule has 0 aromatic carbocycles. The van der Waals surface area contributed by atoms with E-state index in [0.29, 0.717) is 0 Å². The van der Waals surface area contributed by atoms with E-state index in [1.807, 2.05) is 0 Å². The number of nitrogens with zero attached hydrogens (tertiary/aromatic N) is 1. The van der Waals surface area contributed by atoms with E-state index in [0.717, 1.165) is 26.1 Å². The smallest absolute Gasteiger partial charge is 0.0932 e. The van der Waals surface area contributed by atoms with Crippen molar-refractivity contribution in [2.24, 2.45) is 0 Å². The molecular weight excluding hydrogens is 142 g/mol. The molecule has 1 unspecified atom stereocenters. The first-order valence-corrected chi connectivity index (χ1v) is 4.24. The Balaban J connectivity index is 2.29. The number of hydrogen-bond donors (Lipinski definition) is 1. The summed E-state index contributed by atoms with van der Waals surface area (Å²) in [6.45, 7) is 2.93. The SMILES string of the molecule is CN1CCCCOC(CO)C1. The summed E-state index contributed by atoms with van der Waals surface area (Å²) in [5.41, 5.74) is 0. The zero-order chi connectivity index (χ0) is 8.10. The molecule has 0 aromatic rings. The number of likely N-dealkylation sites (N-methyl/N-ethyl adjacent to an activating group) is 1. The zero-order valence-corrected chi connectivity index (χ0v) is 7.12. The Hall–Kier alpha value is -0.120. The lowest BCUT2D eigenvalue weighted by Gasteiger charge is -2.25. The second-order valence-corrected chi connectivity index (χ2v) is 3.14. The maximum absolute atomic E-state index is 8.87. The van der Waals surface area contributed by atoms with Gasteiger partial charge in [-0.3, -0.25) is 0 Å². The van der Waals surface area contributed by atoms with Crippen molar-refractivity contribution in [1.29, 1.82) is 0 Å². The fraction of sp³-hybridized carbons (Fsp3) is 1.00. The zero-order valence-electron chi connectivity index (χ0n) is 7.12. The molecule has 1 atom stereocenters. The quantitative estimate of drug-likeness (QED) is 0.588. The van der Waals surface area contributed by atoms with Crippen molar-refractivity contribution in [3.8, 4) is 0 Å². The normalized spacial score (nSPS) is 29.5. The highest BCUT2D eigenvalue weighted by Crippen LogP contribution is 2.03. The Bertz CT molecular complexity index is 108. The predicted octanol–water partition coefficient (Wildman–Crippen LogP) is 0.0895. The molecule has 11 heavy (non-hydrogen) atoms. The fourth-order valence-electron chi connectivity index (χ4n) is 1.34. The van der Waals surface area contributed by atoms with E-state index in [1.54, 1.807) is 0 Å². The number of ether oxygens (including phenoxy) is 1. The first-order valence-electron chi connectivity index (χ1n) is 4.24. The fourth-order valence-corrected chi connectivity index (χ4v) is 1.34. The highest BCUT2D eigenvalue weighted by Gasteiger charge is 2.12. The van der Waals surface area contributed by atoms with E-state index in [1.165, 1.54) is 6.42 Å². The standard InChI is InChI=1S/C8H17NO2/c1-9-4-2-3-5-11-8(6-9)7-10/h8,10H,2-7H2,1H3. The molecule has 0 aliphatic carbocycles. The van der Waals surface area contributed by atoms with E-state index in [4.69, 9.17) is 9.84 Å². The van der Waals surface area contributed by atoms with E-state index in [2.05, 4.69) is 11.9 Å². The lowest BCUT2D eigenvalue weighted by molar-refractivity contribution is -0.0160. The van der Waals surface area contributed by atoms with Gasteiger partial charge in [-0.1, -0.05) is 0 Å². The van der Waals surface area contributed by atoms with Gasteiger partial charge >= 0.3 is 0 Å². The van der Waals surface area contributed by atoms with Crippen LogP contribution in [0.1, 0.15) is 12.8 Å². The molecule has 0 saturated carbocycles. The molecule has 1 fully saturated rings. The van der Waals surface area contributed by atoms with Crippen LogP contribution in [0.3, 0.4) is 0 Å². The first-order chi connectivity index (χ1) is 5.33. The van der Waals surface area contributed by atoms with Crippen LogP contribution in [0, 0.1) is 0 Å². The maximum Gasteiger partial charge on any atom is 0.0932 e. The largest absolute Gasteiger partial charge is 0.394 e. The van der Waals surface area contributed by atoms with Crippen LogP contribution in [0.25, 0.3) is 0 Å². The van der Waals surface area contributed by atoms with Gasteiger partial charge < -0.3 is 14.7 Å². The van der Waals surface area contributed by atoms with Crippen molar-refractivity contribution in [2.45, 2.75) is 18.9 Å². The van der Waals surface area contributed by atoms with Gasteiger partial charge in [-0.25, -0.2) is 0 Å². The van der Waals surface area contributed by atoms with Gasteiger partial charge in [-0.2, -0.15) is 0 Å². The van der Waals surface area contributed by atoms with Crippen LogP contribution in [0.5, 0.6) is 0 Å². The molecule has 0 aromatic heterocycles. The molecule has 1 saturated heterocycles. The van der Waals surface area contributed by atoms with Crippen LogP contribution in [-0.2, 0) is 4.74 Å². The lowest BCUT2D eigenvalue weighted by atomic mass is 10.2. The molecule has 1 rings (SSSR count). The van der Waals surface area contributed by atoms with Crippen molar-refractivity contribution in [3.05, 3.63) is 0 Å². The van der Waals surface area contributed by atoms with Gasteiger partial charge in [0.15, 0.2) is 0 Å². The predicted molar refractivity (Wildman–Crippen MR) is 43.6 cm³/mol. The molecule has 3 heteroatoms. The van der Waals surface area contributed by atoms with Crippen molar-refractivity contribution in [3.63, 3.8) is 0 Å². The first kappa shape index (κ1) is 8.97. The van der Waals surface area contributed by atoms with Gasteiger partial charge in [0, 0.05) is 13.2 Å². The lowest BCUT2D eigenvalue weighted by Crippen LogP contribution is -2.36. The van der Waals surface area contributed by atoms with Crippen LogP contribution in [0.15, 0.2) is 0 Å². The van der Waals surface area contributed by atoms with E-state index in [-0.39, 0.29) is 12.7 Å². The number of aliphatic hydroxyl groups is 1. The van der Waals surface area contributed by atoms with Gasteiger partial charge in [0.1, 0.15) is 0 Å². The molecule has 1 N–H and O–H groups in total. The van der Waals surface area contributed by atoms with Gasteiger partial charge in [-0.05, 0) is 26.4 Å². The molecule has 0 radical (unpaired) electrons. The minimum Gasteiger partial charge on any atom is -0.394 e. The van der Waals surface area contributed by atoms with Crippen LogP contribution in [-0.4, -0.2) is 49.5 Å². The minimum absolute atomic E-state index is 0.0281. The van der Waals surface area contributed by atoms with Crippen LogP contribution < -0.4 is 0 Å². The van der Waals surface area contributed by atoms with Crippen molar-refractivity contribution >= 4 is 0 Å². The summed E-state index contributed by atoms with van der Waals surface area (Å²) in [6.07, 6.45) is 2.34. The van der Waals surface area contributed by atoms with Crippen LogP contribution >= 0.6 is 0 Å². The molecule has 66 valence electrons. The monoisotopic (exact) mass is 159 g/mol. The van der Waals surface area contributed by atoms with Crippen molar-refractivity contribution in [2.75, 3.05) is 33.4 Å². The van der Waals surface area contributed by atoms with Crippen LogP contribution in [0.2, 0.25) is 0 Å². The Labute approximate surface area is 68.0 Å². The summed E-state index contributed by atoms with van der Waals surface area (Å²) < 4.78 is 5.41. The third-order valence-electron chi connectivity index (χ3n) is 2.01. The Kier molecular flexibility index (Phi) is 3.83. The van der Waals surface area contributed by atoms with Gasteiger partial charge in [-0.15, -0.1) is 0 Å². The molecular formula is C8H17NO2. The summed E-state index contributed by atoms with van der Waals surface area (Å²) in [5, 5.41) is 8.87. The highest BCUT2D eigenvalue weighted by atomic mass is 16.5. The highest BCUT2D eigenvalue weighted by molar-refractivity contribution is 4.64. The molecule has 0 bridgehead atoms. The minimum atomic E-state index is 0.0281. The summed E-state index contributed by atoms with van der Waals surface area (Å²) in [4.78, 5) is 2.21. The summed E-state index contributed by atoms with van der Waals surface area (Å²) in [5.74, 6) is 0. The Morgan fingerprint density at radius 2 is 2.36 bits per heavy atom. The number of rotatable bonds is 1. The molecule has 1 aliphatic rings. The Morgan fingerprint density at radius 3 is 3.09 bits per heavy atom. The van der Waals surface area contributed by atoms with Crippen molar-refractivity contribution in [1.82, 2.24) is 4.90 Å². The molecule has 1 aliphatic heterocycles. The average molecular weight is 159 g/mol. The van der Waals surface area contributed by atoms with Crippen molar-refractivity contribution < 1.29 is 9.84 Å². The maximum atomic E-state index is 8.87. The van der Waals surface area contributed by atoms with E-state index in [9.17, 15) is 0 Å². The summed E-state index contributed by atoms with van der Waals surface area (Å²) in [6, 6.07) is 0. The van der Waals surface area contributed by atoms with E-state index < -0.39 is 0 Å².